The average Bonchev–Trinajstić information content (AvgIpc) is 3.80. The third-order valence-electron chi connectivity index (χ3n) is 9.02. The number of methoxy groups -OCH3 is 3. The van der Waals surface area contributed by atoms with E-state index in [0.717, 1.165) is 20.8 Å². The van der Waals surface area contributed by atoms with Gasteiger partial charge in [-0.15, -0.1) is 10.2 Å². The van der Waals surface area contributed by atoms with Crippen LogP contribution in [0, 0.1) is 3.57 Å². The molecule has 1 amide bonds. The minimum atomic E-state index is -4.82. The number of carboxylic acid groups (broad SMARTS) is 1. The van der Waals surface area contributed by atoms with Crippen LogP contribution >= 0.6 is 22.6 Å². The Hall–Kier alpha value is -4.87. The monoisotopic (exact) mass is 919 g/mol. The Bertz CT molecular complexity index is 2350. The molecule has 2 heterocycles. The molecule has 5 aromatic rings. The van der Waals surface area contributed by atoms with Crippen LogP contribution in [0.4, 0.5) is 4.79 Å². The molecule has 0 bridgehead atoms. The maximum absolute atomic E-state index is 15.4. The van der Waals surface area contributed by atoms with Crippen LogP contribution in [0.1, 0.15) is 16.7 Å². The molecule has 1 aliphatic rings. The first kappa shape index (κ1) is 40.8. The van der Waals surface area contributed by atoms with E-state index in [9.17, 15) is 23.4 Å². The van der Waals surface area contributed by atoms with Crippen molar-refractivity contribution in [3.05, 3.63) is 105 Å². The fraction of sp³-hybridized carbons (Fsp3) is 0.278. The highest BCUT2D eigenvalue weighted by molar-refractivity contribution is 14.1. The summed E-state index contributed by atoms with van der Waals surface area (Å²) in [6.45, 7) is -0.942. The number of aromatic nitrogens is 4. The van der Waals surface area contributed by atoms with Gasteiger partial charge in [-0.05, 0) is 93.0 Å². The summed E-state index contributed by atoms with van der Waals surface area (Å²) in [7, 11) is -5.06. The van der Waals surface area contributed by atoms with Gasteiger partial charge in [0.15, 0.2) is 0 Å². The summed E-state index contributed by atoms with van der Waals surface area (Å²) in [4.78, 5) is 12.5. The van der Waals surface area contributed by atoms with Crippen LogP contribution in [-0.4, -0.2) is 109 Å². The van der Waals surface area contributed by atoms with Crippen LogP contribution in [0.15, 0.2) is 94.7 Å². The lowest BCUT2D eigenvalue weighted by molar-refractivity contribution is 0.138. The van der Waals surface area contributed by atoms with Gasteiger partial charge in [0, 0.05) is 23.2 Å². The number of carbonyl (C=O) groups is 1. The number of nitrogens with zero attached hydrogens (tertiary/aromatic N) is 6. The smallest absolute Gasteiger partial charge is 0.407 e. The van der Waals surface area contributed by atoms with Gasteiger partial charge >= 0.3 is 6.09 Å². The van der Waals surface area contributed by atoms with E-state index in [1.807, 2.05) is 22.6 Å². The van der Waals surface area contributed by atoms with Crippen LogP contribution in [0.25, 0.3) is 11.4 Å². The number of β-amino-alcohol motifs (C(OH)–C–C–N with tert-alkyl or cyclic N) is 1. The van der Waals surface area contributed by atoms with Crippen molar-refractivity contribution < 1.29 is 46.1 Å². The Labute approximate surface area is 337 Å². The van der Waals surface area contributed by atoms with Crippen molar-refractivity contribution in [1.29, 1.82) is 0 Å². The second-order valence-electron chi connectivity index (χ2n) is 12.7. The van der Waals surface area contributed by atoms with E-state index in [4.69, 9.17) is 14.2 Å². The highest BCUT2D eigenvalue weighted by atomic mass is 127. The zero-order valence-electron chi connectivity index (χ0n) is 30.3. The molecular weight excluding hydrogens is 881 g/mol. The summed E-state index contributed by atoms with van der Waals surface area (Å²) in [5.74, 6) is 1.59. The predicted molar refractivity (Wildman–Crippen MR) is 210 cm³/mol. The number of rotatable bonds is 15. The quantitative estimate of drug-likeness (QED) is 0.129. The van der Waals surface area contributed by atoms with Gasteiger partial charge in [0.05, 0.1) is 52.1 Å². The summed E-state index contributed by atoms with van der Waals surface area (Å²) < 4.78 is 79.1. The van der Waals surface area contributed by atoms with Crippen LogP contribution in [0.5, 0.6) is 17.2 Å². The van der Waals surface area contributed by atoms with Gasteiger partial charge < -0.3 is 29.3 Å². The largest absolute Gasteiger partial charge is 0.497 e. The Morgan fingerprint density at radius 3 is 1.82 bits per heavy atom. The molecule has 0 radical (unpaired) electrons. The number of aliphatic hydroxyl groups is 1. The molecule has 3 N–H and O–H groups in total. The maximum atomic E-state index is 15.4. The average molecular weight is 920 g/mol. The van der Waals surface area contributed by atoms with Crippen molar-refractivity contribution in [2.45, 2.75) is 41.6 Å². The van der Waals surface area contributed by atoms with Crippen LogP contribution in [0.2, 0.25) is 0 Å². The number of nitrogens with one attached hydrogen (secondary N) is 1. The van der Waals surface area contributed by atoms with Gasteiger partial charge in [-0.2, -0.15) is 9.10 Å². The minimum absolute atomic E-state index is 0.122. The number of halogens is 1. The minimum Gasteiger partial charge on any atom is -0.497 e. The number of amides is 1. The second-order valence-corrected chi connectivity index (χ2v) is 17.4. The molecule has 296 valence electrons. The second kappa shape index (κ2) is 17.1. The van der Waals surface area contributed by atoms with E-state index in [-0.39, 0.29) is 44.1 Å². The molecule has 1 aromatic heterocycles. The number of aliphatic hydroxyl groups excluding tert-OH is 1. The lowest BCUT2D eigenvalue weighted by atomic mass is 10.2. The van der Waals surface area contributed by atoms with E-state index < -0.39 is 48.1 Å². The van der Waals surface area contributed by atoms with Crippen LogP contribution < -0.4 is 18.9 Å². The normalized spacial score (nSPS) is 15.9. The number of likely N-dealkylation sites (tertiary alicyclic amines) is 1. The van der Waals surface area contributed by atoms with Crippen molar-refractivity contribution >= 4 is 48.7 Å². The molecular formula is C36H38IN7O10S2. The maximum Gasteiger partial charge on any atom is 0.407 e. The molecule has 0 aliphatic carbocycles. The zero-order chi connectivity index (χ0) is 40.2. The molecule has 0 unspecified atom stereocenters. The fourth-order valence-corrected chi connectivity index (χ4v) is 10.6. The third kappa shape index (κ3) is 9.05. The van der Waals surface area contributed by atoms with Crippen molar-refractivity contribution in [3.63, 3.8) is 0 Å². The molecule has 4 aromatic carbocycles. The molecule has 0 spiro atoms. The fourth-order valence-electron chi connectivity index (χ4n) is 6.07. The third-order valence-corrected chi connectivity index (χ3v) is 13.5. The van der Waals surface area contributed by atoms with E-state index in [0.29, 0.717) is 31.9 Å². The van der Waals surface area contributed by atoms with Gasteiger partial charge in [-0.1, -0.05) is 36.4 Å². The number of benzene rings is 4. The molecule has 2 atom stereocenters. The van der Waals surface area contributed by atoms with Crippen LogP contribution in [-0.2, 0) is 39.7 Å². The number of sulfonamides is 2. The molecule has 1 aliphatic heterocycles. The van der Waals surface area contributed by atoms with Gasteiger partial charge in [0.1, 0.15) is 27.0 Å². The lowest BCUT2D eigenvalue weighted by Crippen LogP contribution is -2.43. The standard InChI is InChI=1S/C36H38IN7O10S2/c1-52-26-10-4-23(5-11-26)18-43(19-24-6-12-27(53-2)13-7-24)56(50,51)34-32(55(48,49)40-30-21-42(36(46)47)22-31(30)45)17-16-29(37)33(34)35-38-41-44(39-35)20-25-8-14-28(54-3)15-9-25/h4-17,30-31,40,45H,18-22H2,1-3H3,(H,46,47)/t30-,31+/m1/s1. The van der Waals surface area contributed by atoms with Gasteiger partial charge in [0.25, 0.3) is 0 Å². The summed E-state index contributed by atoms with van der Waals surface area (Å²) in [5, 5.41) is 33.0. The van der Waals surface area contributed by atoms with Crippen molar-refractivity contribution in [1.82, 2.24) is 34.1 Å². The predicted octanol–water partition coefficient (Wildman–Crippen LogP) is 3.41. The first-order valence-corrected chi connectivity index (χ1v) is 20.9. The number of hydrogen-bond donors (Lipinski definition) is 3. The Kier molecular flexibility index (Phi) is 12.5. The van der Waals surface area contributed by atoms with E-state index in [1.165, 1.54) is 25.1 Å². The molecule has 0 saturated carbocycles. The SMILES string of the molecule is COc1ccc(CN(Cc2ccc(OC)cc2)S(=O)(=O)c2c(S(=O)(=O)N[C@@H]3CN(C(=O)O)C[C@@H]3O)ccc(I)c2-c2nnn(Cc3ccc(OC)cc3)n2)cc1. The molecule has 1 fully saturated rings. The molecule has 6 rings (SSSR count). The van der Waals surface area contributed by atoms with E-state index in [2.05, 4.69) is 20.1 Å². The van der Waals surface area contributed by atoms with Crippen molar-refractivity contribution in [3.8, 4) is 28.6 Å². The Morgan fingerprint density at radius 1 is 0.821 bits per heavy atom. The number of ether oxygens (including phenoxy) is 3. The van der Waals surface area contributed by atoms with Crippen molar-refractivity contribution in [2.24, 2.45) is 0 Å². The zero-order valence-corrected chi connectivity index (χ0v) is 34.1. The molecule has 20 heteroatoms. The number of hydrogen-bond acceptors (Lipinski definition) is 12. The summed E-state index contributed by atoms with van der Waals surface area (Å²) in [5.41, 5.74) is 1.81. The van der Waals surface area contributed by atoms with E-state index in [1.54, 1.807) is 79.9 Å². The Morgan fingerprint density at radius 2 is 1.34 bits per heavy atom. The van der Waals surface area contributed by atoms with Gasteiger partial charge in [-0.3, -0.25) is 0 Å². The first-order valence-electron chi connectivity index (χ1n) is 16.9. The highest BCUT2D eigenvalue weighted by Gasteiger charge is 2.41. The highest BCUT2D eigenvalue weighted by Crippen LogP contribution is 2.38. The Balaban J connectivity index is 1.50. The number of tetrazole rings is 1. The van der Waals surface area contributed by atoms with Gasteiger partial charge in [-0.25, -0.2) is 26.4 Å². The van der Waals surface area contributed by atoms with Crippen LogP contribution in [0.3, 0.4) is 0 Å². The lowest BCUT2D eigenvalue weighted by Gasteiger charge is -2.26. The summed E-state index contributed by atoms with van der Waals surface area (Å²) in [6.07, 6.45) is -2.74. The molecule has 1 saturated heterocycles. The summed E-state index contributed by atoms with van der Waals surface area (Å²) in [6, 6.07) is 22.0. The summed E-state index contributed by atoms with van der Waals surface area (Å²) >= 11 is 1.90. The van der Waals surface area contributed by atoms with Gasteiger partial charge in [0.2, 0.25) is 25.9 Å². The molecule has 17 nitrogen and oxygen atoms in total. The van der Waals surface area contributed by atoms with E-state index >= 15 is 8.42 Å². The first-order chi connectivity index (χ1) is 26.7. The molecule has 56 heavy (non-hydrogen) atoms. The van der Waals surface area contributed by atoms with Crippen molar-refractivity contribution in [2.75, 3.05) is 34.4 Å². The topological polar surface area (TPSA) is 216 Å².